The summed E-state index contributed by atoms with van der Waals surface area (Å²) in [7, 11) is 0. The molecule has 1 N–H and O–H groups in total. The molecule has 2 heterocycles. The molecule has 1 aliphatic heterocycles. The fraction of sp³-hybridized carbons (Fsp3) is 0.278. The molecule has 5 nitrogen and oxygen atoms in total. The molecule has 0 unspecified atom stereocenters. The fourth-order valence-electron chi connectivity index (χ4n) is 3.02. The van der Waals surface area contributed by atoms with Crippen LogP contribution in [0, 0.1) is 22.7 Å². The molecule has 0 fully saturated rings. The van der Waals surface area contributed by atoms with Crippen molar-refractivity contribution in [3.63, 3.8) is 0 Å². The summed E-state index contributed by atoms with van der Waals surface area (Å²) in [6.07, 6.45) is 0.745. The molecular formula is C18H16ClN5. The molecule has 0 atom stereocenters. The number of aromatic nitrogens is 1. The Kier molecular flexibility index (Phi) is 4.96. The van der Waals surface area contributed by atoms with Crippen molar-refractivity contribution in [3.8, 4) is 12.1 Å². The van der Waals surface area contributed by atoms with Gasteiger partial charge >= 0.3 is 0 Å². The number of rotatable bonds is 4. The Hall–Kier alpha value is -2.60. The number of nitrogens with one attached hydrogen (secondary N) is 1. The number of halogens is 1. The van der Waals surface area contributed by atoms with E-state index in [1.807, 2.05) is 24.3 Å². The summed E-state index contributed by atoms with van der Waals surface area (Å²) >= 11 is 6.14. The zero-order chi connectivity index (χ0) is 16.9. The van der Waals surface area contributed by atoms with Crippen LogP contribution in [0.3, 0.4) is 0 Å². The highest BCUT2D eigenvalue weighted by atomic mass is 35.5. The molecule has 1 aliphatic rings. The minimum atomic E-state index is 0.153. The average Bonchev–Trinajstić information content (AvgIpc) is 2.61. The van der Waals surface area contributed by atoms with E-state index in [2.05, 4.69) is 33.4 Å². The summed E-state index contributed by atoms with van der Waals surface area (Å²) in [6.45, 7) is 2.52. The Morgan fingerprint density at radius 3 is 2.71 bits per heavy atom. The van der Waals surface area contributed by atoms with Crippen LogP contribution >= 0.6 is 11.6 Å². The Balaban J connectivity index is 1.91. The quantitative estimate of drug-likeness (QED) is 0.685. The maximum absolute atomic E-state index is 9.38. The summed E-state index contributed by atoms with van der Waals surface area (Å²) in [5.41, 5.74) is 3.61. The van der Waals surface area contributed by atoms with Gasteiger partial charge in [0.2, 0.25) is 0 Å². The number of fused-ring (bicyclic) bond motifs is 1. The van der Waals surface area contributed by atoms with Crippen LogP contribution in [0.2, 0.25) is 5.15 Å². The Morgan fingerprint density at radius 2 is 2.00 bits per heavy atom. The van der Waals surface area contributed by atoms with Crippen LogP contribution in [0.4, 0.5) is 5.82 Å². The largest absolute Gasteiger partial charge is 0.357 e. The van der Waals surface area contributed by atoms with Crippen molar-refractivity contribution in [1.82, 2.24) is 9.88 Å². The van der Waals surface area contributed by atoms with E-state index in [9.17, 15) is 5.26 Å². The summed E-state index contributed by atoms with van der Waals surface area (Å²) in [5, 5.41) is 21.4. The van der Waals surface area contributed by atoms with Crippen molar-refractivity contribution in [3.05, 3.63) is 57.7 Å². The molecule has 6 heteroatoms. The third kappa shape index (κ3) is 3.33. The van der Waals surface area contributed by atoms with E-state index < -0.39 is 0 Å². The van der Waals surface area contributed by atoms with Gasteiger partial charge in [-0.2, -0.15) is 10.5 Å². The zero-order valence-electron chi connectivity index (χ0n) is 13.1. The predicted octanol–water partition coefficient (Wildman–Crippen LogP) is 3.10. The average molecular weight is 338 g/mol. The third-order valence-electron chi connectivity index (χ3n) is 4.12. The van der Waals surface area contributed by atoms with Gasteiger partial charge in [0.15, 0.2) is 0 Å². The second-order valence-electron chi connectivity index (χ2n) is 5.65. The van der Waals surface area contributed by atoms with Crippen molar-refractivity contribution in [1.29, 1.82) is 10.5 Å². The minimum Gasteiger partial charge on any atom is -0.357 e. The number of pyridine rings is 1. The lowest BCUT2D eigenvalue weighted by Gasteiger charge is -2.30. The van der Waals surface area contributed by atoms with E-state index in [1.165, 1.54) is 5.56 Å². The first kappa shape index (κ1) is 16.3. The number of benzene rings is 1. The van der Waals surface area contributed by atoms with Crippen molar-refractivity contribution < 1.29 is 0 Å². The number of hydrogen-bond acceptors (Lipinski definition) is 5. The van der Waals surface area contributed by atoms with Gasteiger partial charge in [-0.05, 0) is 17.5 Å². The second-order valence-corrected chi connectivity index (χ2v) is 6.01. The Bertz CT molecular complexity index is 820. The number of hydrogen-bond donors (Lipinski definition) is 1. The van der Waals surface area contributed by atoms with Crippen molar-refractivity contribution in [2.45, 2.75) is 19.5 Å². The topological polar surface area (TPSA) is 75.7 Å². The minimum absolute atomic E-state index is 0.153. The molecule has 0 radical (unpaired) electrons. The molecule has 2 aromatic rings. The highest BCUT2D eigenvalue weighted by Gasteiger charge is 2.25. The van der Waals surface area contributed by atoms with Gasteiger partial charge in [0.25, 0.3) is 0 Å². The van der Waals surface area contributed by atoms with Crippen LogP contribution in [0.15, 0.2) is 30.3 Å². The summed E-state index contributed by atoms with van der Waals surface area (Å²) in [6, 6.07) is 14.5. The van der Waals surface area contributed by atoms with Crippen molar-refractivity contribution in [2.24, 2.45) is 0 Å². The Morgan fingerprint density at radius 1 is 1.21 bits per heavy atom. The van der Waals surface area contributed by atoms with Gasteiger partial charge in [-0.1, -0.05) is 41.9 Å². The standard InChI is InChI=1S/C18H16ClN5/c19-17-15(10-21)14-6-9-24(11-13-4-2-1-3-5-13)12-16(14)18(23-17)22-8-7-20/h1-5H,6,8-9,11-12H2,(H,22,23). The van der Waals surface area contributed by atoms with Gasteiger partial charge in [0, 0.05) is 25.2 Å². The summed E-state index contributed by atoms with van der Waals surface area (Å²) in [4.78, 5) is 6.60. The highest BCUT2D eigenvalue weighted by Crippen LogP contribution is 2.32. The molecule has 0 amide bonds. The SMILES string of the molecule is N#CCNc1nc(Cl)c(C#N)c2c1CN(Cc1ccccc1)CC2. The molecule has 0 saturated carbocycles. The molecular weight excluding hydrogens is 322 g/mol. The van der Waals surface area contributed by atoms with Gasteiger partial charge in [-0.25, -0.2) is 4.98 Å². The first-order chi connectivity index (χ1) is 11.7. The maximum atomic E-state index is 9.38. The lowest BCUT2D eigenvalue weighted by Crippen LogP contribution is -2.31. The van der Waals surface area contributed by atoms with E-state index in [0.29, 0.717) is 17.9 Å². The van der Waals surface area contributed by atoms with Crippen molar-refractivity contribution >= 4 is 17.4 Å². The van der Waals surface area contributed by atoms with Gasteiger partial charge in [-0.3, -0.25) is 4.90 Å². The molecule has 0 bridgehead atoms. The predicted molar refractivity (Wildman–Crippen MR) is 92.3 cm³/mol. The smallest absolute Gasteiger partial charge is 0.149 e. The molecule has 1 aromatic carbocycles. The molecule has 24 heavy (non-hydrogen) atoms. The summed E-state index contributed by atoms with van der Waals surface area (Å²) < 4.78 is 0. The fourth-order valence-corrected chi connectivity index (χ4v) is 3.26. The molecule has 3 rings (SSSR count). The lowest BCUT2D eigenvalue weighted by molar-refractivity contribution is 0.245. The lowest BCUT2D eigenvalue weighted by atomic mass is 9.96. The molecule has 1 aromatic heterocycles. The first-order valence-electron chi connectivity index (χ1n) is 7.71. The number of nitriles is 2. The normalized spacial score (nSPS) is 13.6. The van der Waals surface area contributed by atoms with E-state index in [1.54, 1.807) is 0 Å². The van der Waals surface area contributed by atoms with Crippen LogP contribution in [-0.2, 0) is 19.5 Å². The van der Waals surface area contributed by atoms with Gasteiger partial charge in [0.1, 0.15) is 23.6 Å². The Labute approximate surface area is 146 Å². The van der Waals surface area contributed by atoms with Crippen LogP contribution < -0.4 is 5.32 Å². The molecule has 0 aliphatic carbocycles. The first-order valence-corrected chi connectivity index (χ1v) is 8.09. The highest BCUT2D eigenvalue weighted by molar-refractivity contribution is 6.30. The van der Waals surface area contributed by atoms with Crippen LogP contribution in [-0.4, -0.2) is 23.0 Å². The van der Waals surface area contributed by atoms with Gasteiger partial charge < -0.3 is 5.32 Å². The van der Waals surface area contributed by atoms with Gasteiger partial charge in [0.05, 0.1) is 11.6 Å². The van der Waals surface area contributed by atoms with Gasteiger partial charge in [-0.15, -0.1) is 0 Å². The summed E-state index contributed by atoms with van der Waals surface area (Å²) in [5.74, 6) is 0.605. The number of nitrogens with zero attached hydrogens (tertiary/aromatic N) is 4. The molecule has 0 saturated heterocycles. The van der Waals surface area contributed by atoms with E-state index in [4.69, 9.17) is 16.9 Å². The van der Waals surface area contributed by atoms with Crippen molar-refractivity contribution in [2.75, 3.05) is 18.4 Å². The second kappa shape index (κ2) is 7.31. The molecule has 120 valence electrons. The zero-order valence-corrected chi connectivity index (χ0v) is 13.8. The van der Waals surface area contributed by atoms with E-state index >= 15 is 0 Å². The third-order valence-corrected chi connectivity index (χ3v) is 4.40. The monoisotopic (exact) mass is 337 g/mol. The van der Waals surface area contributed by atoms with Crippen LogP contribution in [0.1, 0.15) is 22.3 Å². The number of anilines is 1. The maximum Gasteiger partial charge on any atom is 0.149 e. The van der Waals surface area contributed by atoms with Crippen LogP contribution in [0.25, 0.3) is 0 Å². The van der Waals surface area contributed by atoms with E-state index in [0.717, 1.165) is 30.6 Å². The van der Waals surface area contributed by atoms with Crippen LogP contribution in [0.5, 0.6) is 0 Å². The van der Waals surface area contributed by atoms with E-state index in [-0.39, 0.29) is 11.7 Å². The molecule has 0 spiro atoms.